The normalized spacial score (nSPS) is 12.9. The molecule has 3 aromatic carbocycles. The highest BCUT2D eigenvalue weighted by Crippen LogP contribution is 2.44. The van der Waals surface area contributed by atoms with Gasteiger partial charge < -0.3 is 19.9 Å². The Bertz CT molecular complexity index is 1130. The van der Waals surface area contributed by atoms with Crippen molar-refractivity contribution in [3.8, 4) is 16.9 Å². The van der Waals surface area contributed by atoms with E-state index >= 15 is 0 Å². The molecular formula is C30H35NO5. The molecule has 0 radical (unpaired) electrons. The van der Waals surface area contributed by atoms with E-state index in [-0.39, 0.29) is 24.5 Å². The Morgan fingerprint density at radius 2 is 1.42 bits per heavy atom. The summed E-state index contributed by atoms with van der Waals surface area (Å²) in [5, 5.41) is 12.1. The van der Waals surface area contributed by atoms with E-state index in [1.165, 1.54) is 0 Å². The summed E-state index contributed by atoms with van der Waals surface area (Å²) < 4.78 is 11.3. The van der Waals surface area contributed by atoms with Crippen LogP contribution in [0.5, 0.6) is 5.75 Å². The molecule has 0 aliphatic heterocycles. The lowest BCUT2D eigenvalue weighted by Crippen LogP contribution is -2.42. The number of aliphatic carboxylic acids is 1. The van der Waals surface area contributed by atoms with Crippen LogP contribution in [0, 0.1) is 0 Å². The maximum Gasteiger partial charge on any atom is 0.407 e. The van der Waals surface area contributed by atoms with Gasteiger partial charge in [-0.3, -0.25) is 0 Å². The number of rotatable bonds is 7. The first-order valence-electron chi connectivity index (χ1n) is 12.3. The summed E-state index contributed by atoms with van der Waals surface area (Å²) in [6.45, 7) is 10.0. The number of carboxylic acids is 1. The van der Waals surface area contributed by atoms with Crippen molar-refractivity contribution in [1.82, 2.24) is 5.32 Å². The first-order valence-corrected chi connectivity index (χ1v) is 12.3. The first kappa shape index (κ1) is 26.8. The molecule has 2 N–H and O–H groups in total. The Hall–Kier alpha value is -3.80. The van der Waals surface area contributed by atoms with E-state index in [9.17, 15) is 14.7 Å². The lowest BCUT2D eigenvalue weighted by molar-refractivity contribution is -0.139. The number of amides is 1. The molecule has 0 bridgehead atoms. The van der Waals surface area contributed by atoms with Crippen LogP contribution in [0.3, 0.4) is 0 Å². The Morgan fingerprint density at radius 3 is 1.92 bits per heavy atom. The van der Waals surface area contributed by atoms with Crippen molar-refractivity contribution >= 4 is 12.1 Å². The zero-order valence-electron chi connectivity index (χ0n) is 21.6. The monoisotopic (exact) mass is 489 g/mol. The smallest absolute Gasteiger partial charge is 0.407 e. The van der Waals surface area contributed by atoms with Gasteiger partial charge in [0.25, 0.3) is 0 Å². The molecule has 36 heavy (non-hydrogen) atoms. The number of ether oxygens (including phenoxy) is 2. The van der Waals surface area contributed by atoms with Crippen LogP contribution >= 0.6 is 0 Å². The summed E-state index contributed by atoms with van der Waals surface area (Å²) >= 11 is 0. The maximum atomic E-state index is 12.5. The molecule has 1 amide bonds. The van der Waals surface area contributed by atoms with E-state index in [1.54, 1.807) is 24.3 Å². The Labute approximate surface area is 213 Å². The van der Waals surface area contributed by atoms with Gasteiger partial charge in [-0.05, 0) is 60.7 Å². The maximum absolute atomic E-state index is 12.5. The molecule has 0 spiro atoms. The average Bonchev–Trinajstić information content (AvgIpc) is 3.17. The summed E-state index contributed by atoms with van der Waals surface area (Å²) in [6, 6.07) is 22.2. The van der Waals surface area contributed by atoms with Gasteiger partial charge in [0.15, 0.2) is 0 Å². The highest BCUT2D eigenvalue weighted by Gasteiger charge is 2.29. The molecule has 0 fully saturated rings. The van der Waals surface area contributed by atoms with Gasteiger partial charge in [-0.1, -0.05) is 74.5 Å². The lowest BCUT2D eigenvalue weighted by atomic mass is 9.98. The fraction of sp³-hybridized carbons (Fsp3) is 0.333. The van der Waals surface area contributed by atoms with Crippen molar-refractivity contribution in [3.05, 3.63) is 89.5 Å². The predicted octanol–water partition coefficient (Wildman–Crippen LogP) is 6.42. The highest BCUT2D eigenvalue weighted by atomic mass is 16.5. The van der Waals surface area contributed by atoms with Crippen LogP contribution < -0.4 is 10.1 Å². The molecule has 0 saturated carbocycles. The molecule has 6 heteroatoms. The third-order valence-corrected chi connectivity index (χ3v) is 5.72. The van der Waals surface area contributed by atoms with Gasteiger partial charge in [-0.2, -0.15) is 0 Å². The van der Waals surface area contributed by atoms with Crippen LogP contribution in [-0.2, 0) is 16.0 Å². The molecule has 4 rings (SSSR count). The highest BCUT2D eigenvalue weighted by molar-refractivity contribution is 5.81. The average molecular weight is 490 g/mol. The molecule has 1 unspecified atom stereocenters. The van der Waals surface area contributed by atoms with E-state index in [0.29, 0.717) is 5.75 Å². The van der Waals surface area contributed by atoms with E-state index in [1.807, 2.05) is 71.0 Å². The van der Waals surface area contributed by atoms with Crippen molar-refractivity contribution in [1.29, 1.82) is 0 Å². The van der Waals surface area contributed by atoms with E-state index in [2.05, 4.69) is 17.4 Å². The van der Waals surface area contributed by atoms with Gasteiger partial charge in [-0.15, -0.1) is 0 Å². The quantitative estimate of drug-likeness (QED) is 0.400. The van der Waals surface area contributed by atoms with Crippen molar-refractivity contribution in [2.45, 2.75) is 58.6 Å². The number of carbonyl (C=O) groups excluding carboxylic acids is 1. The molecule has 6 nitrogen and oxygen atoms in total. The van der Waals surface area contributed by atoms with Crippen LogP contribution in [0.1, 0.15) is 57.2 Å². The molecule has 1 aliphatic rings. The molecule has 1 aliphatic carbocycles. The van der Waals surface area contributed by atoms with Gasteiger partial charge in [0.05, 0.1) is 0 Å². The summed E-state index contributed by atoms with van der Waals surface area (Å²) in [5.74, 6) is -0.507. The molecule has 190 valence electrons. The minimum atomic E-state index is -1.12. The number of alkyl carbamates (subject to hydrolysis) is 1. The summed E-state index contributed by atoms with van der Waals surface area (Å²) in [7, 11) is 0. The van der Waals surface area contributed by atoms with Crippen LogP contribution in [0.4, 0.5) is 4.79 Å². The van der Waals surface area contributed by atoms with Crippen LogP contribution in [-0.4, -0.2) is 35.4 Å². The Morgan fingerprint density at radius 1 is 0.889 bits per heavy atom. The van der Waals surface area contributed by atoms with Crippen molar-refractivity contribution in [3.63, 3.8) is 0 Å². The number of benzene rings is 3. The van der Waals surface area contributed by atoms with Gasteiger partial charge in [0.2, 0.25) is 0 Å². The SMILES string of the molecule is CC.CC(C)(C)Oc1ccc(CC(NC(=O)OCC2c3ccccc3-c3ccccc32)C(=O)O)cc1. The van der Waals surface area contributed by atoms with Crippen molar-refractivity contribution in [2.75, 3.05) is 6.61 Å². The fourth-order valence-electron chi connectivity index (χ4n) is 4.27. The number of fused-ring (bicyclic) bond motifs is 3. The topological polar surface area (TPSA) is 84.9 Å². The molecule has 0 aromatic heterocycles. The predicted molar refractivity (Wildman–Crippen MR) is 142 cm³/mol. The van der Waals surface area contributed by atoms with Crippen LogP contribution in [0.2, 0.25) is 0 Å². The first-order chi connectivity index (χ1) is 17.2. The fourth-order valence-corrected chi connectivity index (χ4v) is 4.27. The standard InChI is InChI=1S/C28H29NO5.C2H6/c1-28(2,3)34-19-14-12-18(13-15-19)16-25(26(30)31)29-27(32)33-17-24-22-10-6-4-8-20(22)21-9-5-7-11-23(21)24;1-2/h4-15,24-25H,16-17H2,1-3H3,(H,29,32)(H,30,31);1-2H3. The van der Waals surface area contributed by atoms with Gasteiger partial charge >= 0.3 is 12.1 Å². The largest absolute Gasteiger partial charge is 0.488 e. The minimum Gasteiger partial charge on any atom is -0.488 e. The Balaban J connectivity index is 0.00000176. The summed E-state index contributed by atoms with van der Waals surface area (Å²) in [5.41, 5.74) is 4.92. The summed E-state index contributed by atoms with van der Waals surface area (Å²) in [6.07, 6.45) is -0.614. The summed E-state index contributed by atoms with van der Waals surface area (Å²) in [4.78, 5) is 24.3. The zero-order valence-corrected chi connectivity index (χ0v) is 21.6. The third kappa shape index (κ3) is 6.66. The van der Waals surface area contributed by atoms with E-state index in [4.69, 9.17) is 9.47 Å². The second-order valence-corrected chi connectivity index (χ2v) is 9.42. The van der Waals surface area contributed by atoms with Crippen molar-refractivity contribution in [2.24, 2.45) is 0 Å². The number of carbonyl (C=O) groups is 2. The van der Waals surface area contributed by atoms with E-state index in [0.717, 1.165) is 27.8 Å². The second-order valence-electron chi connectivity index (χ2n) is 9.42. The zero-order chi connectivity index (χ0) is 26.3. The van der Waals surface area contributed by atoms with Crippen LogP contribution in [0.25, 0.3) is 11.1 Å². The van der Waals surface area contributed by atoms with Gasteiger partial charge in [0.1, 0.15) is 24.0 Å². The lowest BCUT2D eigenvalue weighted by Gasteiger charge is -2.21. The molecular weight excluding hydrogens is 454 g/mol. The Kier molecular flexibility index (Phi) is 8.75. The molecule has 1 atom stereocenters. The molecule has 3 aromatic rings. The van der Waals surface area contributed by atoms with Gasteiger partial charge in [0, 0.05) is 12.3 Å². The molecule has 0 heterocycles. The molecule has 0 saturated heterocycles. The number of nitrogens with one attached hydrogen (secondary N) is 1. The number of hydrogen-bond acceptors (Lipinski definition) is 4. The number of carboxylic acid groups (broad SMARTS) is 1. The van der Waals surface area contributed by atoms with Crippen molar-refractivity contribution < 1.29 is 24.2 Å². The van der Waals surface area contributed by atoms with Crippen LogP contribution in [0.15, 0.2) is 72.8 Å². The van der Waals surface area contributed by atoms with Gasteiger partial charge in [-0.25, -0.2) is 9.59 Å². The third-order valence-electron chi connectivity index (χ3n) is 5.72. The number of hydrogen-bond donors (Lipinski definition) is 2. The minimum absolute atomic E-state index is 0.0863. The second kappa shape index (κ2) is 11.8. The van der Waals surface area contributed by atoms with E-state index < -0.39 is 18.1 Å².